The average molecular weight is 719 g/mol. The summed E-state index contributed by atoms with van der Waals surface area (Å²) in [4.78, 5) is 19.9. The highest BCUT2D eigenvalue weighted by Gasteiger charge is 2.58. The van der Waals surface area contributed by atoms with Gasteiger partial charge in [0.2, 0.25) is 0 Å². The van der Waals surface area contributed by atoms with Crippen molar-refractivity contribution in [3.05, 3.63) is 216 Å². The summed E-state index contributed by atoms with van der Waals surface area (Å²) in [5.41, 5.74) is 18.1. The van der Waals surface area contributed by atoms with E-state index >= 15 is 0 Å². The number of nitrogens with zero attached hydrogens (tertiary/aromatic N) is 6. The minimum absolute atomic E-state index is 0.539. The molecule has 5 aliphatic rings. The van der Waals surface area contributed by atoms with Gasteiger partial charge in [0.05, 0.1) is 41.5 Å². The lowest BCUT2D eigenvalue weighted by molar-refractivity contribution is 0.469. The number of aromatic nitrogens is 2. The fraction of sp³-hybridized carbons (Fsp3) is 0.0800. The smallest absolute Gasteiger partial charge is 0.173 e. The second-order valence-corrected chi connectivity index (χ2v) is 15.4. The molecule has 264 valence electrons. The van der Waals surface area contributed by atoms with Gasteiger partial charge in [-0.15, -0.1) is 0 Å². The number of hydrogen-bond donors (Lipinski definition) is 0. The highest BCUT2D eigenvalue weighted by atomic mass is 15.5. The molecule has 0 saturated carbocycles. The number of rotatable bonds is 0. The van der Waals surface area contributed by atoms with Gasteiger partial charge in [-0.3, -0.25) is 9.97 Å². The van der Waals surface area contributed by atoms with Gasteiger partial charge < -0.3 is 19.6 Å². The van der Waals surface area contributed by atoms with E-state index in [1.54, 1.807) is 0 Å². The van der Waals surface area contributed by atoms with Crippen LogP contribution in [0.15, 0.2) is 183 Å². The summed E-state index contributed by atoms with van der Waals surface area (Å²) in [6, 6.07) is 58.9. The lowest BCUT2D eigenvalue weighted by atomic mass is 9.67. The Morgan fingerprint density at radius 1 is 0.393 bits per heavy atom. The minimum atomic E-state index is -0.771. The number of benzene rings is 6. The van der Waals surface area contributed by atoms with E-state index in [9.17, 15) is 0 Å². The Balaban J connectivity index is 1.17. The summed E-state index contributed by atoms with van der Waals surface area (Å²) in [6.45, 7) is 1.24. The number of fused-ring (bicyclic) bond motifs is 30. The zero-order valence-electron chi connectivity index (χ0n) is 30.4. The van der Waals surface area contributed by atoms with Crippen LogP contribution in [-0.2, 0) is 11.1 Å². The molecule has 6 nitrogen and oxygen atoms in total. The molecule has 3 aliphatic heterocycles. The SMILES string of the molecule is c1cc2cc(c1)C1(c3cccc(c3)N3CN(c4ccccc43)C3(c4cnccc4-c4ccncc43)N3CN2c2ccccc23)c2ccccc2-c2ccccc21. The van der Waals surface area contributed by atoms with Crippen molar-refractivity contribution in [3.8, 4) is 22.3 Å². The quantitative estimate of drug-likeness (QED) is 0.155. The van der Waals surface area contributed by atoms with E-state index in [1.165, 1.54) is 67.3 Å². The Kier molecular flexibility index (Phi) is 5.79. The van der Waals surface area contributed by atoms with Crippen molar-refractivity contribution in [1.82, 2.24) is 9.97 Å². The first-order chi connectivity index (χ1) is 27.8. The summed E-state index contributed by atoms with van der Waals surface area (Å²) in [5.74, 6) is 0. The maximum atomic E-state index is 4.84. The van der Waals surface area contributed by atoms with Crippen LogP contribution in [0.2, 0.25) is 0 Å². The van der Waals surface area contributed by atoms with Gasteiger partial charge in [-0.25, -0.2) is 0 Å². The van der Waals surface area contributed by atoms with Gasteiger partial charge in [-0.05, 0) is 105 Å². The van der Waals surface area contributed by atoms with Gasteiger partial charge >= 0.3 is 0 Å². The number of hydrogen-bond acceptors (Lipinski definition) is 6. The molecule has 56 heavy (non-hydrogen) atoms. The molecule has 0 atom stereocenters. The van der Waals surface area contributed by atoms with Gasteiger partial charge in [0.25, 0.3) is 0 Å². The van der Waals surface area contributed by atoms with Gasteiger partial charge in [-0.2, -0.15) is 0 Å². The second-order valence-electron chi connectivity index (χ2n) is 15.4. The maximum absolute atomic E-state index is 4.84. The maximum Gasteiger partial charge on any atom is 0.173 e. The standard InChI is InChI=1S/C50H34N6/c1-3-17-41-37(15-1)38-16-2-4-18-42(38)49(41)33-11-9-13-35(27-33)53-31-55(47-21-7-5-19-45(47)53)50(43-29-51-25-23-39(43)40-24-26-52-30-44(40)50)56-32-54(36-14-10-12-34(49)28-36)46-20-6-8-22-48(46)56/h1-30H,31-32H2. The Morgan fingerprint density at radius 3 is 1.32 bits per heavy atom. The third kappa shape index (κ3) is 3.53. The Labute approximate surface area is 325 Å². The molecule has 2 aromatic heterocycles. The molecule has 0 N–H and O–H groups in total. The van der Waals surface area contributed by atoms with Crippen LogP contribution in [0.3, 0.4) is 0 Å². The first-order valence-corrected chi connectivity index (χ1v) is 19.4. The van der Waals surface area contributed by atoms with Gasteiger partial charge in [0.1, 0.15) is 0 Å². The van der Waals surface area contributed by atoms with Gasteiger partial charge in [-0.1, -0.05) is 97.1 Å². The molecule has 0 radical (unpaired) electrons. The lowest BCUT2D eigenvalue weighted by Gasteiger charge is -2.49. The fourth-order valence-electron chi connectivity index (χ4n) is 10.9. The summed E-state index contributed by atoms with van der Waals surface area (Å²) in [7, 11) is 0. The number of pyridine rings is 2. The summed E-state index contributed by atoms with van der Waals surface area (Å²) in [5, 5.41) is 0. The van der Waals surface area contributed by atoms with Gasteiger partial charge in [0, 0.05) is 47.3 Å². The third-order valence-electron chi connectivity index (χ3n) is 13.1. The molecule has 0 amide bonds. The van der Waals surface area contributed by atoms with Crippen LogP contribution in [0.1, 0.15) is 33.4 Å². The van der Waals surface area contributed by atoms with Crippen molar-refractivity contribution in [2.24, 2.45) is 0 Å². The summed E-state index contributed by atoms with van der Waals surface area (Å²) >= 11 is 0. The van der Waals surface area contributed by atoms with E-state index in [0.717, 1.165) is 22.5 Å². The van der Waals surface area contributed by atoms with Crippen molar-refractivity contribution in [2.75, 3.05) is 32.9 Å². The molecule has 2 aliphatic carbocycles. The topological polar surface area (TPSA) is 38.7 Å². The van der Waals surface area contributed by atoms with E-state index in [-0.39, 0.29) is 0 Å². The van der Waals surface area contributed by atoms with Crippen LogP contribution in [0.5, 0.6) is 0 Å². The summed E-state index contributed by atoms with van der Waals surface area (Å²) < 4.78 is 0. The fourth-order valence-corrected chi connectivity index (χ4v) is 10.9. The van der Waals surface area contributed by atoms with Crippen molar-refractivity contribution in [3.63, 3.8) is 0 Å². The Morgan fingerprint density at radius 2 is 0.821 bits per heavy atom. The van der Waals surface area contributed by atoms with Crippen molar-refractivity contribution in [1.29, 1.82) is 0 Å². The molecule has 0 saturated heterocycles. The first-order valence-electron chi connectivity index (χ1n) is 19.4. The molecule has 13 rings (SSSR count). The predicted octanol–water partition coefficient (Wildman–Crippen LogP) is 10.6. The lowest BCUT2D eigenvalue weighted by Crippen LogP contribution is -2.59. The van der Waals surface area contributed by atoms with Crippen LogP contribution in [-0.4, -0.2) is 23.3 Å². The molecule has 0 fully saturated rings. The van der Waals surface area contributed by atoms with Crippen LogP contribution in [0, 0.1) is 0 Å². The van der Waals surface area contributed by atoms with Crippen LogP contribution < -0.4 is 19.6 Å². The highest BCUT2D eigenvalue weighted by molar-refractivity contribution is 5.94. The van der Waals surface area contributed by atoms with E-state index in [4.69, 9.17) is 9.97 Å². The second kappa shape index (κ2) is 10.7. The molecule has 0 unspecified atom stereocenters. The molecule has 5 heterocycles. The molecular formula is C50H34N6. The monoisotopic (exact) mass is 718 g/mol. The molecule has 8 aromatic rings. The first kappa shape index (κ1) is 30.2. The van der Waals surface area contributed by atoms with E-state index in [1.807, 2.05) is 12.4 Å². The van der Waals surface area contributed by atoms with Crippen molar-refractivity contribution >= 4 is 34.1 Å². The summed E-state index contributed by atoms with van der Waals surface area (Å²) in [6.07, 6.45) is 8.03. The van der Waals surface area contributed by atoms with E-state index in [2.05, 4.69) is 190 Å². The third-order valence-corrected chi connectivity index (χ3v) is 13.1. The van der Waals surface area contributed by atoms with Crippen molar-refractivity contribution < 1.29 is 0 Å². The number of para-hydroxylation sites is 4. The highest BCUT2D eigenvalue weighted by Crippen LogP contribution is 2.62. The molecule has 6 heteroatoms. The normalized spacial score (nSPS) is 16.6. The Bertz CT molecular complexity index is 2750. The average Bonchev–Trinajstić information content (AvgIpc) is 4.01. The van der Waals surface area contributed by atoms with Crippen LogP contribution in [0.25, 0.3) is 22.3 Å². The van der Waals surface area contributed by atoms with Crippen LogP contribution in [0.4, 0.5) is 34.1 Å². The van der Waals surface area contributed by atoms with Crippen LogP contribution >= 0.6 is 0 Å². The molecule has 2 spiro atoms. The predicted molar refractivity (Wildman–Crippen MR) is 224 cm³/mol. The minimum Gasteiger partial charge on any atom is -0.321 e. The zero-order valence-corrected chi connectivity index (χ0v) is 30.4. The molecule has 8 bridgehead atoms. The van der Waals surface area contributed by atoms with E-state index < -0.39 is 11.1 Å². The zero-order chi connectivity index (χ0) is 36.6. The van der Waals surface area contributed by atoms with Crippen molar-refractivity contribution in [2.45, 2.75) is 11.1 Å². The van der Waals surface area contributed by atoms with Gasteiger partial charge in [0.15, 0.2) is 5.66 Å². The number of anilines is 6. The molecule has 6 aromatic carbocycles. The molecular weight excluding hydrogens is 685 g/mol. The Hall–Kier alpha value is -7.18. The van der Waals surface area contributed by atoms with E-state index in [0.29, 0.717) is 13.3 Å². The largest absolute Gasteiger partial charge is 0.321 e.